The van der Waals surface area contributed by atoms with Gasteiger partial charge in [0.15, 0.2) is 0 Å². The second-order valence-electron chi connectivity index (χ2n) is 4.00. The van der Waals surface area contributed by atoms with E-state index in [-0.39, 0.29) is 11.8 Å². The predicted molar refractivity (Wildman–Crippen MR) is 64.5 cm³/mol. The minimum Gasteiger partial charge on any atom is -0.356 e. The van der Waals surface area contributed by atoms with Crippen molar-refractivity contribution in [3.8, 4) is 0 Å². The molecule has 1 atom stereocenters. The standard InChI is InChI=1S/C10H22N2O3S/c1-4-6-9(2)10(13)11-7-5-8-12-16(3,14)15/h9,12H,4-8H2,1-3H3,(H,11,13). The maximum absolute atomic E-state index is 11.4. The maximum atomic E-state index is 11.4. The van der Waals surface area contributed by atoms with Crippen LogP contribution in [-0.2, 0) is 14.8 Å². The van der Waals surface area contributed by atoms with E-state index in [1.54, 1.807) is 0 Å². The molecule has 0 radical (unpaired) electrons. The van der Waals surface area contributed by atoms with Gasteiger partial charge in [0.2, 0.25) is 15.9 Å². The molecule has 0 saturated carbocycles. The molecule has 0 aliphatic carbocycles. The summed E-state index contributed by atoms with van der Waals surface area (Å²) in [6.07, 6.45) is 3.60. The SMILES string of the molecule is CCCC(C)C(=O)NCCCNS(C)(=O)=O. The number of hydrogen-bond donors (Lipinski definition) is 2. The van der Waals surface area contributed by atoms with Gasteiger partial charge in [0.05, 0.1) is 6.26 Å². The highest BCUT2D eigenvalue weighted by Crippen LogP contribution is 2.04. The highest BCUT2D eigenvalue weighted by atomic mass is 32.2. The normalized spacial score (nSPS) is 13.4. The van der Waals surface area contributed by atoms with Crippen LogP contribution in [0.1, 0.15) is 33.1 Å². The molecule has 0 aliphatic rings. The van der Waals surface area contributed by atoms with Gasteiger partial charge in [-0.15, -0.1) is 0 Å². The minimum atomic E-state index is -3.11. The molecule has 1 unspecified atom stereocenters. The third-order valence-corrected chi connectivity index (χ3v) is 2.91. The Balaban J connectivity index is 3.56. The van der Waals surface area contributed by atoms with Crippen LogP contribution in [0.4, 0.5) is 0 Å². The molecule has 0 aromatic rings. The second kappa shape index (κ2) is 7.62. The number of rotatable bonds is 8. The Kier molecular flexibility index (Phi) is 7.33. The van der Waals surface area contributed by atoms with E-state index in [9.17, 15) is 13.2 Å². The van der Waals surface area contributed by atoms with Crippen LogP contribution in [0.25, 0.3) is 0 Å². The van der Waals surface area contributed by atoms with Crippen LogP contribution in [0, 0.1) is 5.92 Å². The average molecular weight is 250 g/mol. The summed E-state index contributed by atoms with van der Waals surface area (Å²) in [6, 6.07) is 0. The summed E-state index contributed by atoms with van der Waals surface area (Å²) in [6.45, 7) is 4.81. The van der Waals surface area contributed by atoms with Crippen molar-refractivity contribution in [2.24, 2.45) is 5.92 Å². The Bertz CT molecular complexity index is 301. The van der Waals surface area contributed by atoms with Gasteiger partial charge in [0.25, 0.3) is 0 Å². The summed E-state index contributed by atoms with van der Waals surface area (Å²) >= 11 is 0. The highest BCUT2D eigenvalue weighted by Gasteiger charge is 2.10. The average Bonchev–Trinajstić information content (AvgIpc) is 2.15. The van der Waals surface area contributed by atoms with Crippen molar-refractivity contribution in [3.05, 3.63) is 0 Å². The minimum absolute atomic E-state index is 0.0351. The molecule has 0 aromatic heterocycles. The molecule has 0 bridgehead atoms. The van der Waals surface area contributed by atoms with E-state index in [0.29, 0.717) is 19.5 Å². The molecule has 0 aromatic carbocycles. The third-order valence-electron chi connectivity index (χ3n) is 2.19. The zero-order valence-electron chi connectivity index (χ0n) is 10.2. The zero-order valence-corrected chi connectivity index (χ0v) is 11.1. The smallest absolute Gasteiger partial charge is 0.222 e. The first-order valence-corrected chi connectivity index (χ1v) is 7.48. The molecule has 96 valence electrons. The van der Waals surface area contributed by atoms with Crippen molar-refractivity contribution in [1.29, 1.82) is 0 Å². The first-order chi connectivity index (χ1) is 7.37. The largest absolute Gasteiger partial charge is 0.356 e. The first kappa shape index (κ1) is 15.4. The van der Waals surface area contributed by atoms with Crippen LogP contribution in [-0.4, -0.2) is 33.7 Å². The van der Waals surface area contributed by atoms with Gasteiger partial charge in [0.1, 0.15) is 0 Å². The number of nitrogens with one attached hydrogen (secondary N) is 2. The number of hydrogen-bond acceptors (Lipinski definition) is 3. The quantitative estimate of drug-likeness (QED) is 0.615. The predicted octanol–water partition coefficient (Wildman–Crippen LogP) is 0.478. The molecule has 0 saturated heterocycles. The summed E-state index contributed by atoms with van der Waals surface area (Å²) < 4.78 is 23.8. The number of carbonyl (C=O) groups is 1. The van der Waals surface area contributed by atoms with E-state index >= 15 is 0 Å². The van der Waals surface area contributed by atoms with E-state index in [1.807, 2.05) is 13.8 Å². The number of sulfonamides is 1. The summed E-state index contributed by atoms with van der Waals surface area (Å²) in [5, 5.41) is 2.78. The van der Waals surface area contributed by atoms with Gasteiger partial charge in [-0.05, 0) is 12.8 Å². The van der Waals surface area contributed by atoms with Crippen molar-refractivity contribution in [1.82, 2.24) is 10.0 Å². The molecular formula is C10H22N2O3S. The van der Waals surface area contributed by atoms with E-state index in [1.165, 1.54) is 0 Å². The molecule has 0 rings (SSSR count). The van der Waals surface area contributed by atoms with E-state index in [4.69, 9.17) is 0 Å². The van der Waals surface area contributed by atoms with E-state index < -0.39 is 10.0 Å². The van der Waals surface area contributed by atoms with Gasteiger partial charge in [-0.1, -0.05) is 20.3 Å². The van der Waals surface area contributed by atoms with Crippen molar-refractivity contribution in [3.63, 3.8) is 0 Å². The molecule has 0 fully saturated rings. The molecule has 16 heavy (non-hydrogen) atoms. The molecule has 5 nitrogen and oxygen atoms in total. The van der Waals surface area contributed by atoms with Gasteiger partial charge in [-0.3, -0.25) is 4.79 Å². The van der Waals surface area contributed by atoms with Gasteiger partial charge in [0, 0.05) is 19.0 Å². The van der Waals surface area contributed by atoms with Crippen LogP contribution >= 0.6 is 0 Å². The fraction of sp³-hybridized carbons (Fsp3) is 0.900. The van der Waals surface area contributed by atoms with Crippen LogP contribution < -0.4 is 10.0 Å². The second-order valence-corrected chi connectivity index (χ2v) is 5.83. The molecule has 0 aliphatic heterocycles. The zero-order chi connectivity index (χ0) is 12.6. The summed E-state index contributed by atoms with van der Waals surface area (Å²) in [4.78, 5) is 11.4. The Morgan fingerprint density at radius 3 is 2.44 bits per heavy atom. The van der Waals surface area contributed by atoms with Gasteiger partial charge >= 0.3 is 0 Å². The molecule has 1 amide bonds. The molecule has 0 spiro atoms. The Hall–Kier alpha value is -0.620. The van der Waals surface area contributed by atoms with Crippen molar-refractivity contribution in [2.45, 2.75) is 33.1 Å². The van der Waals surface area contributed by atoms with Crippen LogP contribution in [0.3, 0.4) is 0 Å². The molecule has 0 heterocycles. The lowest BCUT2D eigenvalue weighted by molar-refractivity contribution is -0.124. The number of amides is 1. The highest BCUT2D eigenvalue weighted by molar-refractivity contribution is 7.88. The Morgan fingerprint density at radius 2 is 1.94 bits per heavy atom. The van der Waals surface area contributed by atoms with Gasteiger partial charge < -0.3 is 5.32 Å². The summed E-state index contributed by atoms with van der Waals surface area (Å²) in [5.74, 6) is 0.0778. The van der Waals surface area contributed by atoms with E-state index in [0.717, 1.165) is 19.1 Å². The van der Waals surface area contributed by atoms with Crippen molar-refractivity contribution < 1.29 is 13.2 Å². The topological polar surface area (TPSA) is 75.3 Å². The fourth-order valence-electron chi connectivity index (χ4n) is 1.30. The lowest BCUT2D eigenvalue weighted by atomic mass is 10.1. The lowest BCUT2D eigenvalue weighted by Crippen LogP contribution is -2.32. The first-order valence-electron chi connectivity index (χ1n) is 5.59. The van der Waals surface area contributed by atoms with Crippen molar-refractivity contribution in [2.75, 3.05) is 19.3 Å². The summed E-state index contributed by atoms with van der Waals surface area (Å²) in [7, 11) is -3.11. The Morgan fingerprint density at radius 1 is 1.31 bits per heavy atom. The molecule has 6 heteroatoms. The van der Waals surface area contributed by atoms with Gasteiger partial charge in [-0.25, -0.2) is 13.1 Å². The Labute approximate surface area is 98.0 Å². The van der Waals surface area contributed by atoms with Crippen LogP contribution in [0.15, 0.2) is 0 Å². The third kappa shape index (κ3) is 8.67. The maximum Gasteiger partial charge on any atom is 0.222 e. The molecular weight excluding hydrogens is 228 g/mol. The number of carbonyl (C=O) groups excluding carboxylic acids is 1. The molecule has 2 N–H and O–H groups in total. The lowest BCUT2D eigenvalue weighted by Gasteiger charge is -2.10. The van der Waals surface area contributed by atoms with Crippen LogP contribution in [0.2, 0.25) is 0 Å². The summed E-state index contributed by atoms with van der Waals surface area (Å²) in [5.41, 5.74) is 0. The van der Waals surface area contributed by atoms with E-state index in [2.05, 4.69) is 10.0 Å². The van der Waals surface area contributed by atoms with Crippen molar-refractivity contribution >= 4 is 15.9 Å². The monoisotopic (exact) mass is 250 g/mol. The van der Waals surface area contributed by atoms with Crippen LogP contribution in [0.5, 0.6) is 0 Å². The fourth-order valence-corrected chi connectivity index (χ4v) is 1.81. The van der Waals surface area contributed by atoms with Gasteiger partial charge in [-0.2, -0.15) is 0 Å².